The first-order valence-corrected chi connectivity index (χ1v) is 11.7. The summed E-state index contributed by atoms with van der Waals surface area (Å²) < 4.78 is 18.5. The molecule has 0 saturated carbocycles. The number of nitrogens with zero attached hydrogens (tertiary/aromatic N) is 2. The minimum Gasteiger partial charge on any atom is -0.493 e. The van der Waals surface area contributed by atoms with Crippen LogP contribution in [0, 0.1) is 10.1 Å². The molecule has 0 aliphatic heterocycles. The molecule has 0 aliphatic carbocycles. The SMILES string of the molecule is COc1cc(/C=N\NC(=O)c2cc3cc([N+](=O)[O-])ccc3o2)c(Br)cc1OCc1ccc(Br)cc1. The highest BCUT2D eigenvalue weighted by Crippen LogP contribution is 2.33. The Morgan fingerprint density at radius 1 is 1.11 bits per heavy atom. The highest BCUT2D eigenvalue weighted by Gasteiger charge is 2.15. The fourth-order valence-electron chi connectivity index (χ4n) is 3.14. The van der Waals surface area contributed by atoms with Gasteiger partial charge in [0.15, 0.2) is 17.3 Å². The Morgan fingerprint density at radius 3 is 2.60 bits per heavy atom. The van der Waals surface area contributed by atoms with E-state index in [1.54, 1.807) is 12.1 Å². The molecule has 178 valence electrons. The number of amides is 1. The Kier molecular flexibility index (Phi) is 7.47. The predicted molar refractivity (Wildman–Crippen MR) is 137 cm³/mol. The standard InChI is InChI=1S/C24H17Br2N3O6/c1-33-21-10-16(19(26)11-22(21)34-13-14-2-4-17(25)5-3-14)12-27-28-24(30)23-9-15-8-18(29(31)32)6-7-20(15)35-23/h2-12H,13H2,1H3,(H,28,30)/b27-12-. The molecule has 1 N–H and O–H groups in total. The predicted octanol–water partition coefficient (Wildman–Crippen LogP) is 6.22. The summed E-state index contributed by atoms with van der Waals surface area (Å²) in [5.74, 6) is 0.417. The van der Waals surface area contributed by atoms with Crippen LogP contribution in [0.1, 0.15) is 21.7 Å². The number of nitro groups is 1. The van der Waals surface area contributed by atoms with Gasteiger partial charge in [-0.05, 0) is 57.9 Å². The lowest BCUT2D eigenvalue weighted by atomic mass is 10.2. The first-order valence-electron chi connectivity index (χ1n) is 10.1. The van der Waals surface area contributed by atoms with E-state index in [0.29, 0.717) is 39.1 Å². The third-order valence-electron chi connectivity index (χ3n) is 4.89. The normalized spacial score (nSPS) is 11.1. The van der Waals surface area contributed by atoms with Gasteiger partial charge in [-0.3, -0.25) is 14.9 Å². The topological polar surface area (TPSA) is 116 Å². The number of furan rings is 1. The highest BCUT2D eigenvalue weighted by molar-refractivity contribution is 9.10. The van der Waals surface area contributed by atoms with Crippen molar-refractivity contribution < 1.29 is 23.6 Å². The second-order valence-corrected chi connectivity index (χ2v) is 9.00. The van der Waals surface area contributed by atoms with Crippen LogP contribution in [0.5, 0.6) is 11.5 Å². The van der Waals surface area contributed by atoms with Gasteiger partial charge in [0, 0.05) is 32.0 Å². The molecular formula is C24H17Br2N3O6. The number of ether oxygens (including phenoxy) is 2. The van der Waals surface area contributed by atoms with E-state index in [1.807, 2.05) is 24.3 Å². The summed E-state index contributed by atoms with van der Waals surface area (Å²) in [6.45, 7) is 0.361. The van der Waals surface area contributed by atoms with Crippen molar-refractivity contribution in [2.45, 2.75) is 6.61 Å². The molecule has 0 saturated heterocycles. The Hall–Kier alpha value is -3.70. The van der Waals surface area contributed by atoms with Gasteiger partial charge in [0.2, 0.25) is 0 Å². The number of methoxy groups -OCH3 is 1. The van der Waals surface area contributed by atoms with Crippen LogP contribution in [-0.4, -0.2) is 24.2 Å². The fourth-order valence-corrected chi connectivity index (χ4v) is 3.82. The van der Waals surface area contributed by atoms with Crippen molar-refractivity contribution in [3.63, 3.8) is 0 Å². The third-order valence-corrected chi connectivity index (χ3v) is 6.11. The molecule has 9 nitrogen and oxygen atoms in total. The molecule has 0 unspecified atom stereocenters. The van der Waals surface area contributed by atoms with Gasteiger partial charge in [0.25, 0.3) is 5.69 Å². The summed E-state index contributed by atoms with van der Waals surface area (Å²) in [7, 11) is 1.53. The van der Waals surface area contributed by atoms with Gasteiger partial charge < -0.3 is 13.9 Å². The maximum atomic E-state index is 12.4. The number of hydrogen-bond donors (Lipinski definition) is 1. The van der Waals surface area contributed by atoms with E-state index < -0.39 is 10.8 Å². The molecule has 0 fully saturated rings. The van der Waals surface area contributed by atoms with E-state index in [1.165, 1.54) is 37.6 Å². The monoisotopic (exact) mass is 601 g/mol. The molecular weight excluding hydrogens is 586 g/mol. The number of nitrogens with one attached hydrogen (secondary N) is 1. The van der Waals surface area contributed by atoms with Crippen LogP contribution < -0.4 is 14.9 Å². The van der Waals surface area contributed by atoms with Crippen LogP contribution in [0.4, 0.5) is 5.69 Å². The van der Waals surface area contributed by atoms with Crippen molar-refractivity contribution >= 4 is 60.6 Å². The number of fused-ring (bicyclic) bond motifs is 1. The van der Waals surface area contributed by atoms with E-state index in [9.17, 15) is 14.9 Å². The van der Waals surface area contributed by atoms with Crippen molar-refractivity contribution in [2.24, 2.45) is 5.10 Å². The minimum absolute atomic E-state index is 0.0222. The quantitative estimate of drug-likeness (QED) is 0.145. The second kappa shape index (κ2) is 10.7. The van der Waals surface area contributed by atoms with E-state index in [0.717, 1.165) is 10.0 Å². The van der Waals surface area contributed by atoms with Crippen molar-refractivity contribution in [3.8, 4) is 11.5 Å². The molecule has 4 aromatic rings. The molecule has 1 amide bonds. The van der Waals surface area contributed by atoms with Gasteiger partial charge in [-0.1, -0.05) is 28.1 Å². The smallest absolute Gasteiger partial charge is 0.307 e. The summed E-state index contributed by atoms with van der Waals surface area (Å²) in [5, 5.41) is 15.3. The van der Waals surface area contributed by atoms with E-state index in [2.05, 4.69) is 42.4 Å². The molecule has 35 heavy (non-hydrogen) atoms. The van der Waals surface area contributed by atoms with Crippen LogP contribution in [-0.2, 0) is 6.61 Å². The number of non-ortho nitro benzene ring substituents is 1. The third kappa shape index (κ3) is 5.87. The van der Waals surface area contributed by atoms with Crippen molar-refractivity contribution in [1.29, 1.82) is 0 Å². The van der Waals surface area contributed by atoms with Crippen molar-refractivity contribution in [1.82, 2.24) is 5.43 Å². The van der Waals surface area contributed by atoms with Gasteiger partial charge in [-0.2, -0.15) is 5.10 Å². The Bertz CT molecular complexity index is 1430. The Morgan fingerprint density at radius 2 is 1.89 bits per heavy atom. The second-order valence-electron chi connectivity index (χ2n) is 7.23. The molecule has 0 radical (unpaired) electrons. The first-order chi connectivity index (χ1) is 16.8. The maximum Gasteiger partial charge on any atom is 0.307 e. The number of carbonyl (C=O) groups excluding carboxylic acids is 1. The summed E-state index contributed by atoms with van der Waals surface area (Å²) in [4.78, 5) is 22.8. The van der Waals surface area contributed by atoms with E-state index in [4.69, 9.17) is 13.9 Å². The highest BCUT2D eigenvalue weighted by atomic mass is 79.9. The zero-order valence-electron chi connectivity index (χ0n) is 18.2. The number of hydrogen-bond acceptors (Lipinski definition) is 7. The average Bonchev–Trinajstić information content (AvgIpc) is 3.28. The van der Waals surface area contributed by atoms with Crippen LogP contribution in [0.3, 0.4) is 0 Å². The summed E-state index contributed by atoms with van der Waals surface area (Å²) in [5.41, 5.74) is 4.29. The molecule has 3 aromatic carbocycles. The average molecular weight is 603 g/mol. The largest absolute Gasteiger partial charge is 0.493 e. The molecule has 4 rings (SSSR count). The number of halogens is 2. The van der Waals surface area contributed by atoms with Crippen LogP contribution in [0.15, 0.2) is 79.1 Å². The molecule has 11 heteroatoms. The Labute approximate surface area is 216 Å². The van der Waals surface area contributed by atoms with Crippen LogP contribution in [0.25, 0.3) is 11.0 Å². The first kappa shape index (κ1) is 24.4. The lowest BCUT2D eigenvalue weighted by Gasteiger charge is -2.13. The fraction of sp³-hybridized carbons (Fsp3) is 0.0833. The molecule has 0 spiro atoms. The summed E-state index contributed by atoms with van der Waals surface area (Å²) in [6, 6.07) is 16.8. The minimum atomic E-state index is -0.599. The number of carbonyl (C=O) groups is 1. The van der Waals surface area contributed by atoms with E-state index in [-0.39, 0.29) is 11.4 Å². The lowest BCUT2D eigenvalue weighted by Crippen LogP contribution is -2.16. The zero-order chi connectivity index (χ0) is 24.9. The number of benzene rings is 3. The van der Waals surface area contributed by atoms with E-state index >= 15 is 0 Å². The Balaban J connectivity index is 1.44. The van der Waals surface area contributed by atoms with Crippen LogP contribution in [0.2, 0.25) is 0 Å². The molecule has 1 heterocycles. The van der Waals surface area contributed by atoms with Crippen LogP contribution >= 0.6 is 31.9 Å². The summed E-state index contributed by atoms with van der Waals surface area (Å²) >= 11 is 6.89. The number of hydrazone groups is 1. The lowest BCUT2D eigenvalue weighted by molar-refractivity contribution is -0.384. The summed E-state index contributed by atoms with van der Waals surface area (Å²) in [6.07, 6.45) is 1.44. The van der Waals surface area contributed by atoms with Crippen molar-refractivity contribution in [3.05, 3.63) is 96.6 Å². The maximum absolute atomic E-state index is 12.4. The number of nitro benzene ring substituents is 1. The van der Waals surface area contributed by atoms with Gasteiger partial charge >= 0.3 is 5.91 Å². The number of rotatable bonds is 8. The van der Waals surface area contributed by atoms with Crippen molar-refractivity contribution in [2.75, 3.05) is 7.11 Å². The molecule has 0 aliphatic rings. The van der Waals surface area contributed by atoms with Gasteiger partial charge in [0.1, 0.15) is 12.2 Å². The zero-order valence-corrected chi connectivity index (χ0v) is 21.3. The molecule has 0 atom stereocenters. The molecule has 0 bridgehead atoms. The van der Waals surface area contributed by atoms with Gasteiger partial charge in [0.05, 0.1) is 18.2 Å². The van der Waals surface area contributed by atoms with Gasteiger partial charge in [-0.15, -0.1) is 0 Å². The van der Waals surface area contributed by atoms with Gasteiger partial charge in [-0.25, -0.2) is 5.43 Å². The molecule has 1 aromatic heterocycles.